The highest BCUT2D eigenvalue weighted by Gasteiger charge is 2.41. The van der Waals surface area contributed by atoms with Crippen LogP contribution in [-0.4, -0.2) is 11.2 Å². The standard InChI is InChI=1S/C15H24O/c1-7-15(6)13(11(4)5)8-12(10(2)3)9-14(15)16/h7-8,10,13-14,16H,1,4,9H2,2-3,5-6H3/t13-,14-,15-/m0/s1. The van der Waals surface area contributed by atoms with Gasteiger partial charge in [0.05, 0.1) is 6.10 Å². The maximum Gasteiger partial charge on any atom is 0.0674 e. The molecule has 0 radical (unpaired) electrons. The lowest BCUT2D eigenvalue weighted by Crippen LogP contribution is -2.41. The van der Waals surface area contributed by atoms with Crippen LogP contribution in [0.2, 0.25) is 0 Å². The van der Waals surface area contributed by atoms with Gasteiger partial charge in [0.1, 0.15) is 0 Å². The molecule has 0 aliphatic heterocycles. The molecular formula is C15H24O. The molecule has 0 aromatic rings. The molecule has 0 saturated heterocycles. The summed E-state index contributed by atoms with van der Waals surface area (Å²) >= 11 is 0. The van der Waals surface area contributed by atoms with E-state index in [0.29, 0.717) is 5.92 Å². The number of hydrogen-bond acceptors (Lipinski definition) is 1. The van der Waals surface area contributed by atoms with E-state index in [9.17, 15) is 5.11 Å². The molecule has 0 aromatic carbocycles. The maximum absolute atomic E-state index is 10.3. The van der Waals surface area contributed by atoms with E-state index in [2.05, 4.69) is 40.0 Å². The van der Waals surface area contributed by atoms with Crippen LogP contribution in [-0.2, 0) is 0 Å². The lowest BCUT2D eigenvalue weighted by atomic mass is 9.64. The molecule has 1 heteroatoms. The molecule has 1 N–H and O–H groups in total. The van der Waals surface area contributed by atoms with Crippen molar-refractivity contribution in [2.45, 2.75) is 40.2 Å². The number of aliphatic hydroxyl groups is 1. The Kier molecular flexibility index (Phi) is 3.80. The molecule has 1 rings (SSSR count). The Morgan fingerprint density at radius 2 is 2.19 bits per heavy atom. The van der Waals surface area contributed by atoms with Crippen molar-refractivity contribution < 1.29 is 5.11 Å². The molecule has 90 valence electrons. The van der Waals surface area contributed by atoms with Gasteiger partial charge in [0.15, 0.2) is 0 Å². The second-order valence-corrected chi connectivity index (χ2v) is 5.51. The molecular weight excluding hydrogens is 196 g/mol. The number of rotatable bonds is 3. The van der Waals surface area contributed by atoms with Crippen molar-refractivity contribution in [3.05, 3.63) is 36.5 Å². The molecule has 0 unspecified atom stereocenters. The highest BCUT2D eigenvalue weighted by Crippen LogP contribution is 2.45. The van der Waals surface area contributed by atoms with E-state index in [1.54, 1.807) is 0 Å². The van der Waals surface area contributed by atoms with Crippen molar-refractivity contribution in [2.75, 3.05) is 0 Å². The molecule has 1 nitrogen and oxygen atoms in total. The van der Waals surface area contributed by atoms with Crippen LogP contribution in [0.4, 0.5) is 0 Å². The fraction of sp³-hybridized carbons (Fsp3) is 0.600. The second-order valence-electron chi connectivity index (χ2n) is 5.51. The van der Waals surface area contributed by atoms with E-state index in [0.717, 1.165) is 12.0 Å². The normalized spacial score (nSPS) is 34.8. The average Bonchev–Trinajstić information content (AvgIpc) is 2.20. The van der Waals surface area contributed by atoms with Gasteiger partial charge in [0.25, 0.3) is 0 Å². The molecule has 0 amide bonds. The first-order chi connectivity index (χ1) is 7.32. The Bertz CT molecular complexity index is 324. The van der Waals surface area contributed by atoms with Crippen LogP contribution in [0.1, 0.15) is 34.1 Å². The number of allylic oxidation sites excluding steroid dienone is 2. The van der Waals surface area contributed by atoms with E-state index < -0.39 is 0 Å². The van der Waals surface area contributed by atoms with Gasteiger partial charge in [-0.3, -0.25) is 0 Å². The molecule has 0 spiro atoms. The van der Waals surface area contributed by atoms with Gasteiger partial charge in [-0.1, -0.05) is 50.6 Å². The summed E-state index contributed by atoms with van der Waals surface area (Å²) in [5, 5.41) is 10.3. The van der Waals surface area contributed by atoms with Gasteiger partial charge in [-0.2, -0.15) is 0 Å². The van der Waals surface area contributed by atoms with E-state index >= 15 is 0 Å². The van der Waals surface area contributed by atoms with Crippen LogP contribution in [0, 0.1) is 17.3 Å². The minimum absolute atomic E-state index is 0.200. The topological polar surface area (TPSA) is 20.2 Å². The minimum atomic E-state index is -0.353. The van der Waals surface area contributed by atoms with Crippen LogP contribution in [0.25, 0.3) is 0 Å². The minimum Gasteiger partial charge on any atom is -0.392 e. The van der Waals surface area contributed by atoms with E-state index in [4.69, 9.17) is 0 Å². The summed E-state index contributed by atoms with van der Waals surface area (Å²) in [5.41, 5.74) is 2.16. The summed E-state index contributed by atoms with van der Waals surface area (Å²) < 4.78 is 0. The zero-order valence-corrected chi connectivity index (χ0v) is 11.0. The predicted molar refractivity (Wildman–Crippen MR) is 70.2 cm³/mol. The van der Waals surface area contributed by atoms with Crippen LogP contribution in [0.3, 0.4) is 0 Å². The van der Waals surface area contributed by atoms with Crippen molar-refractivity contribution in [1.29, 1.82) is 0 Å². The van der Waals surface area contributed by atoms with E-state index in [-0.39, 0.29) is 17.4 Å². The van der Waals surface area contributed by atoms with Crippen LogP contribution in [0.15, 0.2) is 36.5 Å². The largest absolute Gasteiger partial charge is 0.392 e. The maximum atomic E-state index is 10.3. The zero-order valence-electron chi connectivity index (χ0n) is 11.0. The first kappa shape index (κ1) is 13.2. The highest BCUT2D eigenvalue weighted by molar-refractivity contribution is 5.27. The van der Waals surface area contributed by atoms with Crippen molar-refractivity contribution in [1.82, 2.24) is 0 Å². The molecule has 1 aliphatic carbocycles. The Balaban J connectivity index is 3.18. The smallest absolute Gasteiger partial charge is 0.0674 e. The second kappa shape index (κ2) is 4.58. The lowest BCUT2D eigenvalue weighted by Gasteiger charge is -2.43. The van der Waals surface area contributed by atoms with Gasteiger partial charge in [0.2, 0.25) is 0 Å². The van der Waals surface area contributed by atoms with Crippen molar-refractivity contribution >= 4 is 0 Å². The third-order valence-corrected chi connectivity index (χ3v) is 3.91. The van der Waals surface area contributed by atoms with Gasteiger partial charge in [-0.05, 0) is 19.3 Å². The van der Waals surface area contributed by atoms with Crippen molar-refractivity contribution in [2.24, 2.45) is 17.3 Å². The molecule has 0 saturated carbocycles. The van der Waals surface area contributed by atoms with Gasteiger partial charge < -0.3 is 5.11 Å². The summed E-state index contributed by atoms with van der Waals surface area (Å²) in [6.07, 6.45) is 4.56. The van der Waals surface area contributed by atoms with Gasteiger partial charge in [0, 0.05) is 11.3 Å². The Morgan fingerprint density at radius 1 is 1.62 bits per heavy atom. The lowest BCUT2D eigenvalue weighted by molar-refractivity contribution is 0.0412. The van der Waals surface area contributed by atoms with Crippen molar-refractivity contribution in [3.63, 3.8) is 0 Å². The molecule has 3 atom stereocenters. The number of aliphatic hydroxyl groups excluding tert-OH is 1. The molecule has 0 aromatic heterocycles. The summed E-state index contributed by atoms with van der Waals surface area (Å²) in [6.45, 7) is 16.4. The fourth-order valence-corrected chi connectivity index (χ4v) is 2.48. The third-order valence-electron chi connectivity index (χ3n) is 3.91. The fourth-order valence-electron chi connectivity index (χ4n) is 2.48. The highest BCUT2D eigenvalue weighted by atomic mass is 16.3. The van der Waals surface area contributed by atoms with Crippen LogP contribution >= 0.6 is 0 Å². The van der Waals surface area contributed by atoms with Crippen LogP contribution < -0.4 is 0 Å². The van der Waals surface area contributed by atoms with Crippen molar-refractivity contribution in [3.8, 4) is 0 Å². The number of hydrogen-bond donors (Lipinski definition) is 1. The Hall–Kier alpha value is -0.820. The summed E-state index contributed by atoms with van der Waals surface area (Å²) in [6, 6.07) is 0. The quantitative estimate of drug-likeness (QED) is 0.719. The Morgan fingerprint density at radius 3 is 2.56 bits per heavy atom. The molecule has 0 fully saturated rings. The molecule has 16 heavy (non-hydrogen) atoms. The summed E-state index contributed by atoms with van der Waals surface area (Å²) in [5.74, 6) is 0.692. The SMILES string of the molecule is C=C[C@]1(C)[C@@H](O)CC(C(C)C)=C[C@H]1C(=C)C. The zero-order chi connectivity index (χ0) is 12.5. The first-order valence-corrected chi connectivity index (χ1v) is 6.00. The molecule has 0 heterocycles. The first-order valence-electron chi connectivity index (χ1n) is 6.00. The average molecular weight is 220 g/mol. The van der Waals surface area contributed by atoms with Gasteiger partial charge >= 0.3 is 0 Å². The summed E-state index contributed by atoms with van der Waals surface area (Å²) in [4.78, 5) is 0. The predicted octanol–water partition coefficient (Wildman–Crippen LogP) is 3.72. The van der Waals surface area contributed by atoms with Gasteiger partial charge in [-0.25, -0.2) is 0 Å². The van der Waals surface area contributed by atoms with Crippen LogP contribution in [0.5, 0.6) is 0 Å². The molecule has 1 aliphatic rings. The van der Waals surface area contributed by atoms with Gasteiger partial charge in [-0.15, -0.1) is 6.58 Å². The third kappa shape index (κ3) is 2.15. The molecule has 0 bridgehead atoms. The van der Waals surface area contributed by atoms with E-state index in [1.165, 1.54) is 5.57 Å². The Labute approximate surface area is 99.6 Å². The monoisotopic (exact) mass is 220 g/mol. The summed E-state index contributed by atoms with van der Waals surface area (Å²) in [7, 11) is 0. The van der Waals surface area contributed by atoms with E-state index in [1.807, 2.05) is 13.0 Å².